The SMILES string of the molecule is C=CCC(CCI)CCCCOCOC. The van der Waals surface area contributed by atoms with E-state index in [1.165, 1.54) is 23.7 Å². The molecular weight excluding hydrogens is 303 g/mol. The van der Waals surface area contributed by atoms with Gasteiger partial charge < -0.3 is 9.47 Å². The lowest BCUT2D eigenvalue weighted by atomic mass is 9.96. The molecule has 0 aliphatic rings. The van der Waals surface area contributed by atoms with Crippen molar-refractivity contribution in [2.45, 2.75) is 32.1 Å². The van der Waals surface area contributed by atoms with E-state index in [2.05, 4.69) is 29.2 Å². The Morgan fingerprint density at radius 3 is 2.73 bits per heavy atom. The second-order valence-corrected chi connectivity index (χ2v) is 4.76. The van der Waals surface area contributed by atoms with Gasteiger partial charge in [-0.15, -0.1) is 6.58 Å². The zero-order valence-electron chi connectivity index (χ0n) is 9.71. The molecular formula is C12H23IO2. The average Bonchev–Trinajstić information content (AvgIpc) is 2.24. The number of hydrogen-bond acceptors (Lipinski definition) is 2. The minimum Gasteiger partial charge on any atom is -0.359 e. The smallest absolute Gasteiger partial charge is 0.146 e. The summed E-state index contributed by atoms with van der Waals surface area (Å²) in [5.41, 5.74) is 0. The van der Waals surface area contributed by atoms with Gasteiger partial charge in [0, 0.05) is 13.7 Å². The lowest BCUT2D eigenvalue weighted by Crippen LogP contribution is -2.02. The first-order valence-electron chi connectivity index (χ1n) is 5.58. The Bertz CT molecular complexity index is 140. The number of rotatable bonds is 11. The maximum atomic E-state index is 5.24. The van der Waals surface area contributed by atoms with Gasteiger partial charge in [-0.1, -0.05) is 41.5 Å². The van der Waals surface area contributed by atoms with E-state index in [1.807, 2.05) is 6.08 Å². The van der Waals surface area contributed by atoms with Crippen LogP contribution in [0.15, 0.2) is 12.7 Å². The predicted molar refractivity (Wildman–Crippen MR) is 73.5 cm³/mol. The molecule has 0 amide bonds. The van der Waals surface area contributed by atoms with Gasteiger partial charge in [0.25, 0.3) is 0 Å². The molecule has 0 saturated carbocycles. The highest BCUT2D eigenvalue weighted by Gasteiger charge is 2.05. The van der Waals surface area contributed by atoms with Crippen LogP contribution in [0.25, 0.3) is 0 Å². The summed E-state index contributed by atoms with van der Waals surface area (Å²) < 4.78 is 11.3. The highest BCUT2D eigenvalue weighted by atomic mass is 127. The number of halogens is 1. The van der Waals surface area contributed by atoms with Gasteiger partial charge in [-0.3, -0.25) is 0 Å². The Morgan fingerprint density at radius 1 is 1.33 bits per heavy atom. The van der Waals surface area contributed by atoms with Crippen LogP contribution in [-0.4, -0.2) is 24.9 Å². The van der Waals surface area contributed by atoms with E-state index in [-0.39, 0.29) is 0 Å². The van der Waals surface area contributed by atoms with E-state index >= 15 is 0 Å². The monoisotopic (exact) mass is 326 g/mol. The number of allylic oxidation sites excluding steroid dienone is 1. The highest BCUT2D eigenvalue weighted by molar-refractivity contribution is 14.1. The van der Waals surface area contributed by atoms with E-state index < -0.39 is 0 Å². The maximum absolute atomic E-state index is 5.24. The van der Waals surface area contributed by atoms with Crippen molar-refractivity contribution in [1.29, 1.82) is 0 Å². The van der Waals surface area contributed by atoms with Crippen molar-refractivity contribution in [2.24, 2.45) is 5.92 Å². The molecule has 1 atom stereocenters. The molecule has 15 heavy (non-hydrogen) atoms. The first-order chi connectivity index (χ1) is 7.35. The molecule has 0 aromatic rings. The minimum absolute atomic E-state index is 0.420. The van der Waals surface area contributed by atoms with Gasteiger partial charge in [0.2, 0.25) is 0 Å². The molecule has 90 valence electrons. The number of hydrogen-bond donors (Lipinski definition) is 0. The fourth-order valence-electron chi connectivity index (χ4n) is 1.55. The van der Waals surface area contributed by atoms with Crippen LogP contribution in [0, 0.1) is 5.92 Å². The van der Waals surface area contributed by atoms with Crippen molar-refractivity contribution in [1.82, 2.24) is 0 Å². The average molecular weight is 326 g/mol. The maximum Gasteiger partial charge on any atom is 0.146 e. The molecule has 0 aromatic carbocycles. The molecule has 0 spiro atoms. The van der Waals surface area contributed by atoms with Crippen molar-refractivity contribution >= 4 is 22.6 Å². The van der Waals surface area contributed by atoms with Gasteiger partial charge in [0.15, 0.2) is 0 Å². The number of methoxy groups -OCH3 is 1. The lowest BCUT2D eigenvalue weighted by Gasteiger charge is -2.13. The topological polar surface area (TPSA) is 18.5 Å². The second kappa shape index (κ2) is 12.5. The predicted octanol–water partition coefficient (Wildman–Crippen LogP) is 3.79. The standard InChI is InChI=1S/C12H23IO2/c1-3-6-12(8-9-13)7-4-5-10-15-11-14-2/h3,12H,1,4-11H2,2H3. The normalized spacial score (nSPS) is 12.7. The van der Waals surface area contributed by atoms with Gasteiger partial charge in [0.05, 0.1) is 0 Å². The summed E-state index contributed by atoms with van der Waals surface area (Å²) >= 11 is 2.45. The number of ether oxygens (including phenoxy) is 2. The summed E-state index contributed by atoms with van der Waals surface area (Å²) in [5.74, 6) is 0.821. The first kappa shape index (κ1) is 15.4. The van der Waals surface area contributed by atoms with Crippen molar-refractivity contribution in [3.63, 3.8) is 0 Å². The van der Waals surface area contributed by atoms with Gasteiger partial charge in [-0.05, 0) is 29.6 Å². The lowest BCUT2D eigenvalue weighted by molar-refractivity contribution is -0.0317. The summed E-state index contributed by atoms with van der Waals surface area (Å²) in [4.78, 5) is 0. The van der Waals surface area contributed by atoms with Gasteiger partial charge in [-0.25, -0.2) is 0 Å². The fraction of sp³-hybridized carbons (Fsp3) is 0.833. The second-order valence-electron chi connectivity index (χ2n) is 3.68. The zero-order valence-corrected chi connectivity index (χ0v) is 11.9. The third-order valence-corrected chi connectivity index (χ3v) is 2.99. The molecule has 0 rings (SSSR count). The Kier molecular flexibility index (Phi) is 12.8. The van der Waals surface area contributed by atoms with Crippen molar-refractivity contribution in [2.75, 3.05) is 24.9 Å². The molecule has 1 unspecified atom stereocenters. The van der Waals surface area contributed by atoms with Gasteiger partial charge >= 0.3 is 0 Å². The summed E-state index contributed by atoms with van der Waals surface area (Å²) in [7, 11) is 1.65. The van der Waals surface area contributed by atoms with Crippen molar-refractivity contribution in [3.05, 3.63) is 12.7 Å². The van der Waals surface area contributed by atoms with E-state index in [9.17, 15) is 0 Å². The van der Waals surface area contributed by atoms with Crippen LogP contribution in [0.1, 0.15) is 32.1 Å². The molecule has 0 aromatic heterocycles. The largest absolute Gasteiger partial charge is 0.359 e. The Hall–Kier alpha value is 0.390. The number of alkyl halides is 1. The van der Waals surface area contributed by atoms with Crippen LogP contribution in [0.3, 0.4) is 0 Å². The molecule has 2 nitrogen and oxygen atoms in total. The van der Waals surface area contributed by atoms with E-state index in [0.29, 0.717) is 6.79 Å². The Morgan fingerprint density at radius 2 is 2.13 bits per heavy atom. The molecule has 0 radical (unpaired) electrons. The highest BCUT2D eigenvalue weighted by Crippen LogP contribution is 2.18. The zero-order chi connectivity index (χ0) is 11.4. The molecule has 0 heterocycles. The molecule has 0 bridgehead atoms. The first-order valence-corrected chi connectivity index (χ1v) is 7.11. The molecule has 0 N–H and O–H groups in total. The summed E-state index contributed by atoms with van der Waals surface area (Å²) in [6.45, 7) is 5.05. The van der Waals surface area contributed by atoms with Crippen LogP contribution in [-0.2, 0) is 9.47 Å². The van der Waals surface area contributed by atoms with Gasteiger partial charge in [0.1, 0.15) is 6.79 Å². The van der Waals surface area contributed by atoms with Gasteiger partial charge in [-0.2, -0.15) is 0 Å². The Balaban J connectivity index is 3.32. The number of unbranched alkanes of at least 4 members (excludes halogenated alkanes) is 1. The van der Waals surface area contributed by atoms with Crippen molar-refractivity contribution < 1.29 is 9.47 Å². The fourth-order valence-corrected chi connectivity index (χ4v) is 2.43. The van der Waals surface area contributed by atoms with E-state index in [0.717, 1.165) is 25.4 Å². The Labute approximate surface area is 108 Å². The minimum atomic E-state index is 0.420. The molecule has 3 heteroatoms. The molecule has 0 fully saturated rings. The molecule has 0 aliphatic heterocycles. The quantitative estimate of drug-likeness (QED) is 0.189. The third-order valence-electron chi connectivity index (χ3n) is 2.37. The van der Waals surface area contributed by atoms with Crippen LogP contribution >= 0.6 is 22.6 Å². The van der Waals surface area contributed by atoms with Crippen LogP contribution in [0.5, 0.6) is 0 Å². The summed E-state index contributed by atoms with van der Waals surface area (Å²) in [5, 5.41) is 0. The third kappa shape index (κ3) is 10.7. The van der Waals surface area contributed by atoms with E-state index in [1.54, 1.807) is 7.11 Å². The van der Waals surface area contributed by atoms with Crippen LogP contribution in [0.4, 0.5) is 0 Å². The van der Waals surface area contributed by atoms with Crippen molar-refractivity contribution in [3.8, 4) is 0 Å². The molecule has 0 aliphatic carbocycles. The summed E-state index contributed by atoms with van der Waals surface area (Å²) in [6, 6.07) is 0. The van der Waals surface area contributed by atoms with Crippen LogP contribution in [0.2, 0.25) is 0 Å². The van der Waals surface area contributed by atoms with Crippen LogP contribution < -0.4 is 0 Å². The summed E-state index contributed by atoms with van der Waals surface area (Å²) in [6.07, 6.45) is 8.19. The molecule has 0 saturated heterocycles. The van der Waals surface area contributed by atoms with E-state index in [4.69, 9.17) is 9.47 Å².